The van der Waals surface area contributed by atoms with Crippen LogP contribution in [0.3, 0.4) is 0 Å². The second-order valence-electron chi connectivity index (χ2n) is 3.87. The van der Waals surface area contributed by atoms with E-state index in [1.54, 1.807) is 12.1 Å². The van der Waals surface area contributed by atoms with Crippen LogP contribution in [0.4, 0.5) is 4.79 Å². The summed E-state index contributed by atoms with van der Waals surface area (Å²) in [5.74, 6) is -0.505. The molecular formula is C10H11N3O5S. The standard InChI is InChI=1S/C10H11N3O5S/c1-6-8(9(14)13-10(15)12-6)19(16,17)11-5-7-3-2-4-18-7/h2-4,8,11H,5H2,1H3,(H,13,14,15). The summed E-state index contributed by atoms with van der Waals surface area (Å²) in [6.45, 7) is 1.23. The maximum atomic E-state index is 12.0. The fourth-order valence-electron chi connectivity index (χ4n) is 1.64. The average molecular weight is 285 g/mol. The van der Waals surface area contributed by atoms with Gasteiger partial charge in [-0.1, -0.05) is 0 Å². The molecule has 9 heteroatoms. The fraction of sp³-hybridized carbons (Fsp3) is 0.300. The van der Waals surface area contributed by atoms with Crippen molar-refractivity contribution in [3.05, 3.63) is 24.2 Å². The van der Waals surface area contributed by atoms with Gasteiger partial charge in [-0.3, -0.25) is 10.1 Å². The van der Waals surface area contributed by atoms with Crippen molar-refractivity contribution < 1.29 is 22.4 Å². The van der Waals surface area contributed by atoms with E-state index in [0.29, 0.717) is 5.76 Å². The number of carbonyl (C=O) groups excluding carboxylic acids is 2. The highest BCUT2D eigenvalue weighted by Crippen LogP contribution is 2.09. The lowest BCUT2D eigenvalue weighted by molar-refractivity contribution is -0.118. The summed E-state index contributed by atoms with van der Waals surface area (Å²) in [5, 5.41) is 0.337. The van der Waals surface area contributed by atoms with Gasteiger partial charge in [-0.05, 0) is 19.1 Å². The van der Waals surface area contributed by atoms with Crippen molar-refractivity contribution in [3.8, 4) is 0 Å². The first-order valence-electron chi connectivity index (χ1n) is 5.31. The number of hydrogen-bond donors (Lipinski definition) is 2. The molecule has 8 nitrogen and oxygen atoms in total. The van der Waals surface area contributed by atoms with E-state index in [4.69, 9.17) is 4.42 Å². The molecule has 19 heavy (non-hydrogen) atoms. The predicted octanol–water partition coefficient (Wildman–Crippen LogP) is -0.222. The second kappa shape index (κ2) is 4.94. The Morgan fingerprint density at radius 2 is 2.21 bits per heavy atom. The van der Waals surface area contributed by atoms with Crippen LogP contribution in [-0.4, -0.2) is 31.3 Å². The summed E-state index contributed by atoms with van der Waals surface area (Å²) in [6, 6.07) is 2.34. The molecule has 0 saturated heterocycles. The number of hydrogen-bond acceptors (Lipinski definition) is 5. The lowest BCUT2D eigenvalue weighted by atomic mass is 10.2. The Bertz CT molecular complexity index is 632. The lowest BCUT2D eigenvalue weighted by Crippen LogP contribution is -2.53. The minimum absolute atomic E-state index is 0.0688. The molecule has 1 aliphatic rings. The number of nitrogens with one attached hydrogen (secondary N) is 2. The van der Waals surface area contributed by atoms with Crippen molar-refractivity contribution in [2.24, 2.45) is 4.99 Å². The maximum absolute atomic E-state index is 12.0. The topological polar surface area (TPSA) is 118 Å². The number of imide groups is 1. The van der Waals surface area contributed by atoms with Crippen LogP contribution in [-0.2, 0) is 21.4 Å². The monoisotopic (exact) mass is 285 g/mol. The molecule has 2 heterocycles. The van der Waals surface area contributed by atoms with Gasteiger partial charge in [0.1, 0.15) is 5.76 Å². The minimum atomic E-state index is -3.99. The maximum Gasteiger partial charge on any atom is 0.347 e. The van der Waals surface area contributed by atoms with Crippen molar-refractivity contribution in [1.29, 1.82) is 0 Å². The van der Waals surface area contributed by atoms with Gasteiger partial charge in [-0.15, -0.1) is 0 Å². The number of aliphatic imine (C=N–C) groups is 1. The van der Waals surface area contributed by atoms with Crippen LogP contribution in [0.1, 0.15) is 12.7 Å². The van der Waals surface area contributed by atoms with Gasteiger partial charge in [-0.2, -0.15) is 0 Å². The molecule has 0 fully saturated rings. The lowest BCUT2D eigenvalue weighted by Gasteiger charge is -2.19. The van der Waals surface area contributed by atoms with E-state index >= 15 is 0 Å². The molecule has 0 aliphatic carbocycles. The van der Waals surface area contributed by atoms with Gasteiger partial charge < -0.3 is 4.42 Å². The number of urea groups is 1. The second-order valence-corrected chi connectivity index (χ2v) is 5.72. The summed E-state index contributed by atoms with van der Waals surface area (Å²) >= 11 is 0. The highest BCUT2D eigenvalue weighted by molar-refractivity contribution is 7.91. The van der Waals surface area contributed by atoms with Crippen molar-refractivity contribution >= 4 is 27.7 Å². The van der Waals surface area contributed by atoms with Gasteiger partial charge >= 0.3 is 6.03 Å². The molecule has 1 aromatic rings. The van der Waals surface area contributed by atoms with Crippen molar-refractivity contribution in [3.63, 3.8) is 0 Å². The number of rotatable bonds is 4. The molecule has 3 amide bonds. The van der Waals surface area contributed by atoms with E-state index in [9.17, 15) is 18.0 Å². The quantitative estimate of drug-likeness (QED) is 0.792. The number of amides is 3. The Morgan fingerprint density at radius 1 is 1.47 bits per heavy atom. The van der Waals surface area contributed by atoms with Crippen LogP contribution in [0.15, 0.2) is 27.8 Å². The Kier molecular flexibility index (Phi) is 3.49. The zero-order valence-electron chi connectivity index (χ0n) is 9.91. The number of furan rings is 1. The fourth-order valence-corrected chi connectivity index (χ4v) is 2.99. The van der Waals surface area contributed by atoms with Crippen LogP contribution < -0.4 is 10.0 Å². The van der Waals surface area contributed by atoms with E-state index in [1.165, 1.54) is 13.2 Å². The summed E-state index contributed by atoms with van der Waals surface area (Å²) in [5.41, 5.74) is -0.0688. The molecule has 1 aromatic heterocycles. The van der Waals surface area contributed by atoms with Gasteiger partial charge in [-0.25, -0.2) is 22.9 Å². The normalized spacial score (nSPS) is 20.1. The van der Waals surface area contributed by atoms with Crippen LogP contribution >= 0.6 is 0 Å². The number of sulfonamides is 1. The van der Waals surface area contributed by atoms with Crippen LogP contribution in [0.2, 0.25) is 0 Å². The molecule has 0 radical (unpaired) electrons. The Balaban J connectivity index is 2.17. The third-order valence-corrected chi connectivity index (χ3v) is 4.19. The molecule has 1 atom stereocenters. The molecular weight excluding hydrogens is 274 g/mol. The summed E-state index contributed by atoms with van der Waals surface area (Å²) in [7, 11) is -3.99. The van der Waals surface area contributed by atoms with Gasteiger partial charge in [0, 0.05) is 5.71 Å². The Hall–Kier alpha value is -2.00. The first kappa shape index (κ1) is 13.4. The summed E-state index contributed by atoms with van der Waals surface area (Å²) < 4.78 is 31.2. The van der Waals surface area contributed by atoms with E-state index < -0.39 is 27.2 Å². The van der Waals surface area contributed by atoms with Gasteiger partial charge in [0.15, 0.2) is 5.25 Å². The molecule has 102 valence electrons. The Labute approximate surface area is 108 Å². The average Bonchev–Trinajstić information content (AvgIpc) is 2.77. The number of nitrogens with zero attached hydrogens (tertiary/aromatic N) is 1. The first-order valence-corrected chi connectivity index (χ1v) is 6.85. The highest BCUT2D eigenvalue weighted by Gasteiger charge is 2.39. The largest absolute Gasteiger partial charge is 0.468 e. The molecule has 1 aliphatic heterocycles. The molecule has 2 rings (SSSR count). The van der Waals surface area contributed by atoms with E-state index in [0.717, 1.165) is 0 Å². The number of carbonyl (C=O) groups is 2. The van der Waals surface area contributed by atoms with Crippen LogP contribution in [0.5, 0.6) is 0 Å². The predicted molar refractivity (Wildman–Crippen MR) is 64.9 cm³/mol. The zero-order chi connectivity index (χ0) is 14.0. The molecule has 0 aromatic carbocycles. The third kappa shape index (κ3) is 2.88. The smallest absolute Gasteiger partial charge is 0.347 e. The summed E-state index contributed by atoms with van der Waals surface area (Å²) in [4.78, 5) is 25.9. The van der Waals surface area contributed by atoms with Crippen LogP contribution in [0, 0.1) is 0 Å². The van der Waals surface area contributed by atoms with E-state index in [-0.39, 0.29) is 12.3 Å². The molecule has 0 saturated carbocycles. The summed E-state index contributed by atoms with van der Waals surface area (Å²) in [6.07, 6.45) is 1.41. The molecule has 0 bridgehead atoms. The van der Waals surface area contributed by atoms with Gasteiger partial charge in [0.2, 0.25) is 10.0 Å². The molecule has 1 unspecified atom stereocenters. The molecule has 0 spiro atoms. The van der Waals surface area contributed by atoms with Crippen molar-refractivity contribution in [2.75, 3.05) is 0 Å². The van der Waals surface area contributed by atoms with Crippen molar-refractivity contribution in [1.82, 2.24) is 10.0 Å². The Morgan fingerprint density at radius 3 is 2.79 bits per heavy atom. The van der Waals surface area contributed by atoms with Crippen LogP contribution in [0.25, 0.3) is 0 Å². The SMILES string of the molecule is CC1=NC(=O)NC(=O)C1S(=O)(=O)NCc1ccco1. The zero-order valence-corrected chi connectivity index (χ0v) is 10.7. The first-order chi connectivity index (χ1) is 8.90. The third-order valence-electron chi connectivity index (χ3n) is 2.46. The van der Waals surface area contributed by atoms with E-state index in [2.05, 4.69) is 9.71 Å². The highest BCUT2D eigenvalue weighted by atomic mass is 32.2. The van der Waals surface area contributed by atoms with Crippen molar-refractivity contribution in [2.45, 2.75) is 18.7 Å². The minimum Gasteiger partial charge on any atom is -0.468 e. The van der Waals surface area contributed by atoms with Gasteiger partial charge in [0.25, 0.3) is 5.91 Å². The van der Waals surface area contributed by atoms with E-state index in [1.807, 2.05) is 5.32 Å². The van der Waals surface area contributed by atoms with Gasteiger partial charge in [0.05, 0.1) is 12.8 Å². The molecule has 2 N–H and O–H groups in total.